The second-order valence-corrected chi connectivity index (χ2v) is 5.82. The third kappa shape index (κ3) is 3.87. The van der Waals surface area contributed by atoms with Crippen LogP contribution in [-0.4, -0.2) is 30.9 Å². The van der Waals surface area contributed by atoms with Crippen molar-refractivity contribution in [3.8, 4) is 16.9 Å². The van der Waals surface area contributed by atoms with Crippen LogP contribution in [0.1, 0.15) is 16.1 Å². The van der Waals surface area contributed by atoms with Gasteiger partial charge in [0.1, 0.15) is 0 Å². The largest absolute Gasteiger partial charge is 0.347 e. The average molecular weight is 356 g/mol. The number of carbonyl (C=O) groups excluding carboxylic acids is 1. The van der Waals surface area contributed by atoms with Crippen LogP contribution in [0.5, 0.6) is 0 Å². The van der Waals surface area contributed by atoms with Crippen molar-refractivity contribution in [1.29, 1.82) is 0 Å². The van der Waals surface area contributed by atoms with Crippen LogP contribution in [0.3, 0.4) is 0 Å². The zero-order valence-electron chi connectivity index (χ0n) is 14.4. The summed E-state index contributed by atoms with van der Waals surface area (Å²) in [6.07, 6.45) is 6.63. The Morgan fingerprint density at radius 1 is 1.00 bits per heavy atom. The highest BCUT2D eigenvalue weighted by molar-refractivity contribution is 5.91. The van der Waals surface area contributed by atoms with Gasteiger partial charge >= 0.3 is 0 Å². The van der Waals surface area contributed by atoms with Gasteiger partial charge in [0.25, 0.3) is 5.91 Å². The first kappa shape index (κ1) is 16.6. The van der Waals surface area contributed by atoms with Crippen LogP contribution >= 0.6 is 0 Å². The smallest absolute Gasteiger partial charge is 0.273 e. The molecule has 0 spiro atoms. The first-order chi connectivity index (χ1) is 13.3. The first-order valence-electron chi connectivity index (χ1n) is 8.41. The molecule has 3 heterocycles. The number of nitrogens with one attached hydrogen (secondary N) is 1. The molecule has 0 atom stereocenters. The molecule has 7 nitrogen and oxygen atoms in total. The Labute approximate surface area is 155 Å². The second kappa shape index (κ2) is 7.57. The Morgan fingerprint density at radius 2 is 1.81 bits per heavy atom. The summed E-state index contributed by atoms with van der Waals surface area (Å²) in [6.45, 7) is 0.373. The monoisotopic (exact) mass is 356 g/mol. The van der Waals surface area contributed by atoms with E-state index in [1.165, 1.54) is 11.0 Å². The number of hydrogen-bond acceptors (Lipinski definition) is 5. The van der Waals surface area contributed by atoms with Crippen LogP contribution in [-0.2, 0) is 6.54 Å². The van der Waals surface area contributed by atoms with Crippen molar-refractivity contribution in [2.75, 3.05) is 0 Å². The number of pyridine rings is 2. The SMILES string of the molecule is O=C(NCc1ccnc(-c2ccncc2)c1)c1cnn(-c2ccccc2)n1. The number of benzene rings is 1. The summed E-state index contributed by atoms with van der Waals surface area (Å²) in [5.41, 5.74) is 3.82. The van der Waals surface area contributed by atoms with E-state index < -0.39 is 0 Å². The quantitative estimate of drug-likeness (QED) is 0.594. The number of nitrogens with zero attached hydrogens (tertiary/aromatic N) is 5. The minimum atomic E-state index is -0.278. The maximum atomic E-state index is 12.4. The van der Waals surface area contributed by atoms with Gasteiger partial charge in [-0.1, -0.05) is 18.2 Å². The van der Waals surface area contributed by atoms with Crippen molar-refractivity contribution in [2.45, 2.75) is 6.54 Å². The molecule has 0 fully saturated rings. The van der Waals surface area contributed by atoms with E-state index in [2.05, 4.69) is 25.5 Å². The Morgan fingerprint density at radius 3 is 2.63 bits per heavy atom. The lowest BCUT2D eigenvalue weighted by molar-refractivity contribution is 0.0945. The summed E-state index contributed by atoms with van der Waals surface area (Å²) in [5, 5.41) is 11.2. The molecule has 0 aliphatic heterocycles. The molecule has 1 amide bonds. The molecule has 27 heavy (non-hydrogen) atoms. The molecule has 0 radical (unpaired) electrons. The fourth-order valence-electron chi connectivity index (χ4n) is 2.59. The molecule has 1 N–H and O–H groups in total. The van der Waals surface area contributed by atoms with Crippen molar-refractivity contribution in [1.82, 2.24) is 30.3 Å². The van der Waals surface area contributed by atoms with E-state index in [9.17, 15) is 4.79 Å². The predicted octanol–water partition coefficient (Wildman–Crippen LogP) is 2.65. The van der Waals surface area contributed by atoms with Crippen molar-refractivity contribution in [2.24, 2.45) is 0 Å². The van der Waals surface area contributed by atoms with Gasteiger partial charge in [-0.15, -0.1) is 5.10 Å². The van der Waals surface area contributed by atoms with Gasteiger partial charge in [0.2, 0.25) is 0 Å². The average Bonchev–Trinajstić information content (AvgIpc) is 3.24. The lowest BCUT2D eigenvalue weighted by atomic mass is 10.1. The first-order valence-corrected chi connectivity index (χ1v) is 8.41. The Bertz CT molecular complexity index is 1050. The molecule has 0 saturated heterocycles. The lowest BCUT2D eigenvalue weighted by Crippen LogP contribution is -2.23. The summed E-state index contributed by atoms with van der Waals surface area (Å²) in [5.74, 6) is -0.278. The van der Waals surface area contributed by atoms with Gasteiger partial charge < -0.3 is 5.32 Å². The molecule has 132 valence electrons. The standard InChI is InChI=1S/C20H16N6O/c27-20(19-14-24-26(25-19)17-4-2-1-3-5-17)23-13-15-6-11-22-18(12-15)16-7-9-21-10-8-16/h1-12,14H,13H2,(H,23,27). The molecule has 0 aliphatic rings. The number of para-hydroxylation sites is 1. The zero-order valence-corrected chi connectivity index (χ0v) is 14.4. The van der Waals surface area contributed by atoms with Gasteiger partial charge in [-0.2, -0.15) is 9.90 Å². The fraction of sp³-hybridized carbons (Fsp3) is 0.0500. The minimum Gasteiger partial charge on any atom is -0.347 e. The molecule has 0 aliphatic carbocycles. The van der Waals surface area contributed by atoms with Gasteiger partial charge in [-0.3, -0.25) is 14.8 Å². The summed E-state index contributed by atoms with van der Waals surface area (Å²) in [7, 11) is 0. The summed E-state index contributed by atoms with van der Waals surface area (Å²) in [6, 6.07) is 17.0. The van der Waals surface area contributed by atoms with Crippen molar-refractivity contribution in [3.63, 3.8) is 0 Å². The zero-order chi connectivity index (χ0) is 18.5. The fourth-order valence-corrected chi connectivity index (χ4v) is 2.59. The molecule has 7 heteroatoms. The number of aromatic nitrogens is 5. The highest BCUT2D eigenvalue weighted by Gasteiger charge is 2.11. The third-order valence-electron chi connectivity index (χ3n) is 3.97. The number of hydrogen-bond donors (Lipinski definition) is 1. The number of rotatable bonds is 5. The van der Waals surface area contributed by atoms with Gasteiger partial charge in [0.15, 0.2) is 5.69 Å². The van der Waals surface area contributed by atoms with E-state index in [0.29, 0.717) is 6.54 Å². The molecule has 0 saturated carbocycles. The highest BCUT2D eigenvalue weighted by Crippen LogP contribution is 2.16. The van der Waals surface area contributed by atoms with Crippen molar-refractivity contribution < 1.29 is 4.79 Å². The van der Waals surface area contributed by atoms with Crippen LogP contribution in [0.2, 0.25) is 0 Å². The Balaban J connectivity index is 1.43. The van der Waals surface area contributed by atoms with Crippen molar-refractivity contribution in [3.05, 3.63) is 90.6 Å². The van der Waals surface area contributed by atoms with E-state index in [0.717, 1.165) is 22.5 Å². The normalized spacial score (nSPS) is 10.5. The minimum absolute atomic E-state index is 0.266. The molecule has 4 aromatic rings. The van der Waals surface area contributed by atoms with Gasteiger partial charge in [0, 0.05) is 30.7 Å². The molecule has 1 aromatic carbocycles. The van der Waals surface area contributed by atoms with Crippen LogP contribution in [0.4, 0.5) is 0 Å². The Kier molecular flexibility index (Phi) is 4.65. The van der Waals surface area contributed by atoms with E-state index in [-0.39, 0.29) is 11.6 Å². The molecular weight excluding hydrogens is 340 g/mol. The third-order valence-corrected chi connectivity index (χ3v) is 3.97. The second-order valence-electron chi connectivity index (χ2n) is 5.82. The van der Waals surface area contributed by atoms with Gasteiger partial charge in [-0.25, -0.2) is 0 Å². The topological polar surface area (TPSA) is 85.6 Å². The lowest BCUT2D eigenvalue weighted by Gasteiger charge is -2.06. The van der Waals surface area contributed by atoms with Crippen LogP contribution in [0.25, 0.3) is 16.9 Å². The van der Waals surface area contributed by atoms with E-state index in [1.807, 2.05) is 54.6 Å². The Hall–Kier alpha value is -3.87. The summed E-state index contributed by atoms with van der Waals surface area (Å²) in [4.78, 5) is 22.2. The van der Waals surface area contributed by atoms with Crippen molar-refractivity contribution >= 4 is 5.91 Å². The van der Waals surface area contributed by atoms with Crippen LogP contribution < -0.4 is 5.32 Å². The predicted molar refractivity (Wildman–Crippen MR) is 100.0 cm³/mol. The maximum Gasteiger partial charge on any atom is 0.273 e. The van der Waals surface area contributed by atoms with E-state index >= 15 is 0 Å². The van der Waals surface area contributed by atoms with E-state index in [1.54, 1.807) is 18.6 Å². The molecular formula is C20H16N6O. The van der Waals surface area contributed by atoms with Gasteiger partial charge in [0.05, 0.1) is 17.6 Å². The summed E-state index contributed by atoms with van der Waals surface area (Å²) >= 11 is 0. The van der Waals surface area contributed by atoms with Crippen LogP contribution in [0, 0.1) is 0 Å². The number of amides is 1. The molecule has 3 aromatic heterocycles. The highest BCUT2D eigenvalue weighted by atomic mass is 16.2. The summed E-state index contributed by atoms with van der Waals surface area (Å²) < 4.78 is 0. The maximum absolute atomic E-state index is 12.4. The van der Waals surface area contributed by atoms with E-state index in [4.69, 9.17) is 0 Å². The molecule has 0 unspecified atom stereocenters. The molecule has 4 rings (SSSR count). The number of carbonyl (C=O) groups is 1. The molecule has 0 bridgehead atoms. The van der Waals surface area contributed by atoms with Gasteiger partial charge in [-0.05, 0) is 42.0 Å². The van der Waals surface area contributed by atoms with Crippen LogP contribution in [0.15, 0.2) is 79.4 Å².